The summed E-state index contributed by atoms with van der Waals surface area (Å²) < 4.78 is 20.9. The second-order valence-electron chi connectivity index (χ2n) is 4.47. The summed E-state index contributed by atoms with van der Waals surface area (Å²) in [5.74, 6) is 0.448. The predicted octanol–water partition coefficient (Wildman–Crippen LogP) is 4.08. The van der Waals surface area contributed by atoms with Crippen molar-refractivity contribution in [2.75, 3.05) is 0 Å². The zero-order valence-corrected chi connectivity index (χ0v) is 13.3. The fraction of sp³-hybridized carbons (Fsp3) is 0.400. The number of rotatable bonds is 6. The number of hydrogen-bond acceptors (Lipinski definition) is 2. The van der Waals surface area contributed by atoms with Crippen LogP contribution in [0.4, 0.5) is 4.39 Å². The number of hydrogen-bond donors (Lipinski definition) is 0. The Labute approximate surface area is 126 Å². The van der Waals surface area contributed by atoms with Crippen LogP contribution in [0.5, 0.6) is 5.75 Å². The van der Waals surface area contributed by atoms with Gasteiger partial charge in [0.05, 0.1) is 11.4 Å². The van der Waals surface area contributed by atoms with Crippen LogP contribution in [-0.2, 0) is 24.9 Å². The minimum Gasteiger partial charge on any atom is -0.487 e. The van der Waals surface area contributed by atoms with E-state index >= 15 is 0 Å². The van der Waals surface area contributed by atoms with Crippen LogP contribution < -0.4 is 4.74 Å². The van der Waals surface area contributed by atoms with Crippen molar-refractivity contribution in [1.82, 2.24) is 9.78 Å². The van der Waals surface area contributed by atoms with Crippen LogP contribution in [0.2, 0.25) is 0 Å². The molecule has 0 aliphatic carbocycles. The van der Waals surface area contributed by atoms with Gasteiger partial charge < -0.3 is 4.74 Å². The van der Waals surface area contributed by atoms with Crippen LogP contribution in [0.3, 0.4) is 0 Å². The minimum absolute atomic E-state index is 0.251. The molecule has 108 valence electrons. The summed E-state index contributed by atoms with van der Waals surface area (Å²) in [5, 5.41) is 5.05. The van der Waals surface area contributed by atoms with E-state index in [9.17, 15) is 4.39 Å². The van der Waals surface area contributed by atoms with Crippen molar-refractivity contribution in [2.24, 2.45) is 0 Å². The van der Waals surface area contributed by atoms with Crippen molar-refractivity contribution in [1.29, 1.82) is 0 Å². The van der Waals surface area contributed by atoms with Crippen LogP contribution in [0.25, 0.3) is 0 Å². The van der Waals surface area contributed by atoms with Crippen molar-refractivity contribution in [3.63, 3.8) is 0 Å². The van der Waals surface area contributed by atoms with Gasteiger partial charge in [0.25, 0.3) is 0 Å². The molecule has 0 aliphatic heterocycles. The van der Waals surface area contributed by atoms with Gasteiger partial charge in [0.15, 0.2) is 0 Å². The molecule has 0 N–H and O–H groups in total. The topological polar surface area (TPSA) is 27.1 Å². The Morgan fingerprint density at radius 3 is 2.75 bits per heavy atom. The van der Waals surface area contributed by atoms with Crippen LogP contribution in [0.1, 0.15) is 30.8 Å². The SMILES string of the molecule is CCc1cc(COc2ccc(F)cc2CBr)n(CC)n1. The summed E-state index contributed by atoms with van der Waals surface area (Å²) in [6.45, 7) is 5.38. The van der Waals surface area contributed by atoms with Gasteiger partial charge in [0.1, 0.15) is 18.2 Å². The number of alkyl halides is 1. The zero-order chi connectivity index (χ0) is 14.5. The molecule has 5 heteroatoms. The molecule has 1 aromatic heterocycles. The van der Waals surface area contributed by atoms with Crippen molar-refractivity contribution >= 4 is 15.9 Å². The lowest BCUT2D eigenvalue weighted by Crippen LogP contribution is -2.07. The maximum absolute atomic E-state index is 13.2. The van der Waals surface area contributed by atoms with Crippen molar-refractivity contribution in [3.8, 4) is 5.75 Å². The molecule has 2 rings (SSSR count). The van der Waals surface area contributed by atoms with E-state index < -0.39 is 0 Å². The van der Waals surface area contributed by atoms with Crippen LogP contribution in [-0.4, -0.2) is 9.78 Å². The van der Waals surface area contributed by atoms with E-state index in [1.54, 1.807) is 6.07 Å². The molecule has 0 unspecified atom stereocenters. The lowest BCUT2D eigenvalue weighted by Gasteiger charge is -2.11. The highest BCUT2D eigenvalue weighted by Gasteiger charge is 2.09. The number of aryl methyl sites for hydroxylation is 2. The number of aromatic nitrogens is 2. The quantitative estimate of drug-likeness (QED) is 0.741. The highest BCUT2D eigenvalue weighted by molar-refractivity contribution is 9.08. The molecule has 0 saturated heterocycles. The first kappa shape index (κ1) is 15.0. The predicted molar refractivity (Wildman–Crippen MR) is 80.6 cm³/mol. The van der Waals surface area contributed by atoms with Gasteiger partial charge in [-0.1, -0.05) is 22.9 Å². The molecule has 3 nitrogen and oxygen atoms in total. The molecule has 1 heterocycles. The van der Waals surface area contributed by atoms with Gasteiger partial charge in [-0.2, -0.15) is 5.10 Å². The maximum atomic E-state index is 13.2. The first-order valence-electron chi connectivity index (χ1n) is 6.70. The molecule has 0 amide bonds. The van der Waals surface area contributed by atoms with Gasteiger partial charge in [-0.05, 0) is 37.6 Å². The van der Waals surface area contributed by atoms with Crippen LogP contribution >= 0.6 is 15.9 Å². The minimum atomic E-state index is -0.251. The molecule has 2 aromatic rings. The first-order valence-corrected chi connectivity index (χ1v) is 7.82. The lowest BCUT2D eigenvalue weighted by atomic mass is 10.2. The van der Waals surface area contributed by atoms with Crippen molar-refractivity contribution < 1.29 is 9.13 Å². The highest BCUT2D eigenvalue weighted by atomic mass is 79.9. The molecule has 0 fully saturated rings. The molecule has 0 aliphatic rings. The fourth-order valence-corrected chi connectivity index (χ4v) is 2.46. The Morgan fingerprint density at radius 1 is 1.30 bits per heavy atom. The van der Waals surface area contributed by atoms with E-state index in [2.05, 4.69) is 40.9 Å². The van der Waals surface area contributed by atoms with Crippen molar-refractivity contribution in [3.05, 3.63) is 47.0 Å². The van der Waals surface area contributed by atoms with E-state index in [4.69, 9.17) is 4.74 Å². The third-order valence-electron chi connectivity index (χ3n) is 3.12. The summed E-state index contributed by atoms with van der Waals surface area (Å²) in [6.07, 6.45) is 0.906. The molecule has 0 radical (unpaired) electrons. The van der Waals surface area contributed by atoms with Gasteiger partial charge >= 0.3 is 0 Å². The average molecular weight is 341 g/mol. The van der Waals surface area contributed by atoms with Gasteiger partial charge in [0, 0.05) is 17.4 Å². The maximum Gasteiger partial charge on any atom is 0.130 e. The van der Waals surface area contributed by atoms with Crippen molar-refractivity contribution in [2.45, 2.75) is 38.8 Å². The van der Waals surface area contributed by atoms with Crippen LogP contribution in [0.15, 0.2) is 24.3 Å². The van der Waals surface area contributed by atoms with E-state index in [0.29, 0.717) is 17.7 Å². The Hall–Kier alpha value is -1.36. The van der Waals surface area contributed by atoms with E-state index in [1.807, 2.05) is 4.68 Å². The number of nitrogens with zero attached hydrogens (tertiary/aromatic N) is 2. The standard InChI is InChI=1S/C15H18BrFN2O/c1-3-13-8-14(19(4-2)18-13)10-20-15-6-5-12(17)7-11(15)9-16/h5-8H,3-4,9-10H2,1-2H3. The van der Waals surface area contributed by atoms with Gasteiger partial charge in [-0.15, -0.1) is 0 Å². The highest BCUT2D eigenvalue weighted by Crippen LogP contribution is 2.23. The normalized spacial score (nSPS) is 10.8. The molecule has 1 aromatic carbocycles. The lowest BCUT2D eigenvalue weighted by molar-refractivity contribution is 0.290. The molecular formula is C15H18BrFN2O. The van der Waals surface area contributed by atoms with Gasteiger partial charge in [-0.25, -0.2) is 4.39 Å². The molecule has 0 bridgehead atoms. The summed E-state index contributed by atoms with van der Waals surface area (Å²) in [4.78, 5) is 0. The monoisotopic (exact) mass is 340 g/mol. The second-order valence-corrected chi connectivity index (χ2v) is 5.03. The second kappa shape index (κ2) is 6.88. The summed E-state index contributed by atoms with van der Waals surface area (Å²) in [6, 6.07) is 6.62. The number of ether oxygens (including phenoxy) is 1. The summed E-state index contributed by atoms with van der Waals surface area (Å²) in [7, 11) is 0. The first-order chi connectivity index (χ1) is 9.67. The Kier molecular flexibility index (Phi) is 5.17. The molecular weight excluding hydrogens is 323 g/mol. The molecule has 0 atom stereocenters. The molecule has 0 saturated carbocycles. The number of halogens is 2. The van der Waals surface area contributed by atoms with Gasteiger partial charge in [0.2, 0.25) is 0 Å². The largest absolute Gasteiger partial charge is 0.487 e. The van der Waals surface area contributed by atoms with E-state index in [-0.39, 0.29) is 5.82 Å². The zero-order valence-electron chi connectivity index (χ0n) is 11.7. The van der Waals surface area contributed by atoms with Gasteiger partial charge in [-0.3, -0.25) is 4.68 Å². The van der Waals surface area contributed by atoms with Crippen LogP contribution in [0, 0.1) is 5.82 Å². The number of benzene rings is 1. The Morgan fingerprint density at radius 2 is 2.10 bits per heavy atom. The smallest absolute Gasteiger partial charge is 0.130 e. The molecule has 20 heavy (non-hydrogen) atoms. The average Bonchev–Trinajstić information content (AvgIpc) is 2.88. The fourth-order valence-electron chi connectivity index (χ4n) is 2.02. The summed E-state index contributed by atoms with van der Waals surface area (Å²) >= 11 is 3.35. The summed E-state index contributed by atoms with van der Waals surface area (Å²) in [5.41, 5.74) is 2.91. The molecule has 0 spiro atoms. The third kappa shape index (κ3) is 3.39. The Balaban J connectivity index is 2.14. The van der Waals surface area contributed by atoms with E-state index in [0.717, 1.165) is 29.9 Å². The third-order valence-corrected chi connectivity index (χ3v) is 3.72. The van der Waals surface area contributed by atoms with E-state index in [1.165, 1.54) is 12.1 Å². The Bertz CT molecular complexity index is 583.